The van der Waals surface area contributed by atoms with Gasteiger partial charge >= 0.3 is 0 Å². The van der Waals surface area contributed by atoms with Crippen LogP contribution in [0.2, 0.25) is 0 Å². The van der Waals surface area contributed by atoms with E-state index in [1.165, 1.54) is 6.26 Å². The molecule has 1 aromatic carbocycles. The second-order valence-corrected chi connectivity index (χ2v) is 8.67. The van der Waals surface area contributed by atoms with Crippen molar-refractivity contribution in [1.82, 2.24) is 10.1 Å². The number of anilines is 1. The van der Waals surface area contributed by atoms with Crippen LogP contribution in [0, 0.1) is 0 Å². The molecule has 1 fully saturated rings. The number of amides is 1. The van der Waals surface area contributed by atoms with Crippen molar-refractivity contribution in [1.29, 1.82) is 0 Å². The first-order valence-electron chi connectivity index (χ1n) is 10.4. The number of furan rings is 1. The van der Waals surface area contributed by atoms with Crippen molar-refractivity contribution in [3.63, 3.8) is 0 Å². The third-order valence-corrected chi connectivity index (χ3v) is 6.50. The summed E-state index contributed by atoms with van der Waals surface area (Å²) in [7, 11) is 0. The number of hydrogen-bond donors (Lipinski definition) is 0. The lowest BCUT2D eigenvalue weighted by Crippen LogP contribution is -2.39. The van der Waals surface area contributed by atoms with Gasteiger partial charge in [-0.25, -0.2) is 0 Å². The molecule has 3 aromatic rings. The molecular formula is C23H27N3O3S. The molecule has 0 aliphatic carbocycles. The molecule has 158 valence electrons. The van der Waals surface area contributed by atoms with E-state index in [4.69, 9.17) is 8.94 Å². The van der Waals surface area contributed by atoms with Crippen molar-refractivity contribution in [2.24, 2.45) is 0 Å². The highest BCUT2D eigenvalue weighted by molar-refractivity contribution is 7.99. The fourth-order valence-corrected chi connectivity index (χ4v) is 4.54. The molecule has 1 aliphatic rings. The zero-order chi connectivity index (χ0) is 20.9. The molecule has 1 aliphatic heterocycles. The normalized spacial score (nSPS) is 15.2. The van der Waals surface area contributed by atoms with E-state index in [1.54, 1.807) is 12.1 Å². The largest absolute Gasteiger partial charge is 0.459 e. The Morgan fingerprint density at radius 1 is 1.20 bits per heavy atom. The van der Waals surface area contributed by atoms with Gasteiger partial charge in [0.05, 0.1) is 18.4 Å². The van der Waals surface area contributed by atoms with E-state index in [1.807, 2.05) is 47.0 Å². The fourth-order valence-electron chi connectivity index (χ4n) is 3.64. The number of carbonyl (C=O) groups is 1. The zero-order valence-corrected chi connectivity index (χ0v) is 18.2. The summed E-state index contributed by atoms with van der Waals surface area (Å²) in [4.78, 5) is 17.3. The Morgan fingerprint density at radius 2 is 1.97 bits per heavy atom. The van der Waals surface area contributed by atoms with Crippen LogP contribution in [0.1, 0.15) is 36.4 Å². The average molecular weight is 426 g/mol. The smallest absolute Gasteiger partial charge is 0.290 e. The molecule has 0 N–H and O–H groups in total. The summed E-state index contributed by atoms with van der Waals surface area (Å²) in [6.45, 7) is 6.39. The summed E-state index contributed by atoms with van der Waals surface area (Å²) in [6, 6.07) is 13.5. The highest BCUT2D eigenvalue weighted by Crippen LogP contribution is 2.34. The van der Waals surface area contributed by atoms with Gasteiger partial charge in [-0.15, -0.1) is 0 Å². The Balaban J connectivity index is 1.74. The quantitative estimate of drug-likeness (QED) is 0.535. The minimum Gasteiger partial charge on any atom is -0.459 e. The molecule has 2 aromatic heterocycles. The van der Waals surface area contributed by atoms with Crippen molar-refractivity contribution in [3.05, 3.63) is 60.1 Å². The average Bonchev–Trinajstić information content (AvgIpc) is 3.48. The van der Waals surface area contributed by atoms with Crippen LogP contribution < -0.4 is 4.90 Å². The first kappa shape index (κ1) is 20.6. The molecule has 4 rings (SSSR count). The number of aromatic nitrogens is 1. The maximum atomic E-state index is 13.2. The van der Waals surface area contributed by atoms with Crippen LogP contribution in [0.15, 0.2) is 57.7 Å². The van der Waals surface area contributed by atoms with E-state index >= 15 is 0 Å². The lowest BCUT2D eigenvalue weighted by molar-refractivity contribution is 0.0639. The molecule has 1 saturated heterocycles. The SMILES string of the molecule is CCC(C)N(Cc1c(-c2ccccc2)noc1N1CCSCC1)C(=O)c1ccco1. The monoisotopic (exact) mass is 425 g/mol. The minimum absolute atomic E-state index is 0.0471. The van der Waals surface area contributed by atoms with E-state index in [-0.39, 0.29) is 11.9 Å². The molecule has 3 heterocycles. The molecule has 0 saturated carbocycles. The second kappa shape index (κ2) is 9.43. The molecule has 6 nitrogen and oxygen atoms in total. The third kappa shape index (κ3) is 4.26. The Labute approximate surface area is 181 Å². The van der Waals surface area contributed by atoms with Crippen LogP contribution in [0.5, 0.6) is 0 Å². The predicted molar refractivity (Wildman–Crippen MR) is 120 cm³/mol. The van der Waals surface area contributed by atoms with Gasteiger partial charge in [-0.3, -0.25) is 4.79 Å². The number of rotatable bonds is 7. The number of carbonyl (C=O) groups excluding carboxylic acids is 1. The van der Waals surface area contributed by atoms with Crippen LogP contribution in [0.4, 0.5) is 5.88 Å². The Morgan fingerprint density at radius 3 is 2.63 bits per heavy atom. The minimum atomic E-state index is -0.116. The molecule has 0 radical (unpaired) electrons. The standard InChI is InChI=1S/C23H27N3O3S/c1-3-17(2)26(22(27)20-10-7-13-28-20)16-19-21(18-8-5-4-6-9-18)24-29-23(19)25-11-14-30-15-12-25/h4-10,13,17H,3,11-12,14-16H2,1-2H3. The van der Waals surface area contributed by atoms with Gasteiger partial charge < -0.3 is 18.7 Å². The molecule has 1 unspecified atom stereocenters. The number of thioether (sulfide) groups is 1. The Kier molecular flexibility index (Phi) is 6.47. The van der Waals surface area contributed by atoms with Gasteiger partial charge in [-0.2, -0.15) is 11.8 Å². The van der Waals surface area contributed by atoms with Gasteiger partial charge in [0, 0.05) is 36.2 Å². The summed E-state index contributed by atoms with van der Waals surface area (Å²) in [6.07, 6.45) is 2.38. The van der Waals surface area contributed by atoms with E-state index in [0.717, 1.165) is 53.7 Å². The van der Waals surface area contributed by atoms with Crippen LogP contribution in [-0.2, 0) is 6.54 Å². The summed E-state index contributed by atoms with van der Waals surface area (Å²) >= 11 is 1.95. The van der Waals surface area contributed by atoms with Crippen LogP contribution in [0.25, 0.3) is 11.3 Å². The van der Waals surface area contributed by atoms with E-state index < -0.39 is 0 Å². The third-order valence-electron chi connectivity index (χ3n) is 5.56. The van der Waals surface area contributed by atoms with E-state index in [9.17, 15) is 4.79 Å². The molecule has 7 heteroatoms. The highest BCUT2D eigenvalue weighted by atomic mass is 32.2. The number of nitrogens with zero attached hydrogens (tertiary/aromatic N) is 3. The second-order valence-electron chi connectivity index (χ2n) is 7.45. The van der Waals surface area contributed by atoms with Crippen molar-refractivity contribution in [2.45, 2.75) is 32.9 Å². The zero-order valence-electron chi connectivity index (χ0n) is 17.4. The lowest BCUT2D eigenvalue weighted by Gasteiger charge is -2.30. The maximum Gasteiger partial charge on any atom is 0.290 e. The number of benzene rings is 1. The molecule has 1 amide bonds. The fraction of sp³-hybridized carbons (Fsp3) is 0.391. The van der Waals surface area contributed by atoms with Gasteiger partial charge in [-0.1, -0.05) is 42.4 Å². The van der Waals surface area contributed by atoms with Crippen LogP contribution in [-0.4, -0.2) is 46.6 Å². The summed E-state index contributed by atoms with van der Waals surface area (Å²) < 4.78 is 11.3. The first-order valence-corrected chi connectivity index (χ1v) is 11.6. The van der Waals surface area contributed by atoms with Gasteiger partial charge in [-0.05, 0) is 25.5 Å². The van der Waals surface area contributed by atoms with Gasteiger partial charge in [0.1, 0.15) is 5.69 Å². The maximum absolute atomic E-state index is 13.2. The van der Waals surface area contributed by atoms with Crippen molar-refractivity contribution in [3.8, 4) is 11.3 Å². The van der Waals surface area contributed by atoms with E-state index in [0.29, 0.717) is 12.3 Å². The van der Waals surface area contributed by atoms with Crippen LogP contribution in [0.3, 0.4) is 0 Å². The topological polar surface area (TPSA) is 62.7 Å². The molecule has 30 heavy (non-hydrogen) atoms. The Hall–Kier alpha value is -2.67. The van der Waals surface area contributed by atoms with E-state index in [2.05, 4.69) is 23.9 Å². The van der Waals surface area contributed by atoms with Gasteiger partial charge in [0.25, 0.3) is 5.91 Å². The number of hydrogen-bond acceptors (Lipinski definition) is 6. The first-order chi connectivity index (χ1) is 14.7. The van der Waals surface area contributed by atoms with Gasteiger partial charge in [0.15, 0.2) is 5.76 Å². The summed E-state index contributed by atoms with van der Waals surface area (Å²) in [5.74, 6) is 3.12. The molecule has 0 spiro atoms. The summed E-state index contributed by atoms with van der Waals surface area (Å²) in [5, 5.41) is 4.44. The summed E-state index contributed by atoms with van der Waals surface area (Å²) in [5.41, 5.74) is 2.74. The van der Waals surface area contributed by atoms with Crippen molar-refractivity contribution >= 4 is 23.6 Å². The Bertz CT molecular complexity index is 950. The van der Waals surface area contributed by atoms with Crippen LogP contribution >= 0.6 is 11.8 Å². The highest BCUT2D eigenvalue weighted by Gasteiger charge is 2.30. The van der Waals surface area contributed by atoms with Crippen molar-refractivity contribution in [2.75, 3.05) is 29.5 Å². The van der Waals surface area contributed by atoms with Crippen molar-refractivity contribution < 1.29 is 13.7 Å². The molecular weight excluding hydrogens is 398 g/mol. The predicted octanol–water partition coefficient (Wildman–Crippen LogP) is 4.93. The molecule has 0 bridgehead atoms. The lowest BCUT2D eigenvalue weighted by atomic mass is 10.1. The molecule has 1 atom stereocenters. The van der Waals surface area contributed by atoms with Gasteiger partial charge in [0.2, 0.25) is 5.88 Å².